The summed E-state index contributed by atoms with van der Waals surface area (Å²) in [4.78, 5) is 0. The fraction of sp³-hybridized carbons (Fsp3) is 0.133. The van der Waals surface area contributed by atoms with Crippen LogP contribution in [0.4, 0.5) is 0 Å². The highest BCUT2D eigenvalue weighted by Gasteiger charge is 2.26. The third-order valence-electron chi connectivity index (χ3n) is 3.34. The van der Waals surface area contributed by atoms with Gasteiger partial charge < -0.3 is 9.84 Å². The standard InChI is InChI=1S/C15H13NO2/c16-15(17)18-9-14-12-7-3-1-5-10(12)11-6-2-4-8-13(11)14/h1-8,14H,9H2,(H2,16,17)/p-1. The van der Waals surface area contributed by atoms with Gasteiger partial charge in [-0.25, -0.2) is 0 Å². The first kappa shape index (κ1) is 10.8. The van der Waals surface area contributed by atoms with E-state index in [1.54, 1.807) is 0 Å². The lowest BCUT2D eigenvalue weighted by Gasteiger charge is -2.19. The Morgan fingerprint density at radius 2 is 1.50 bits per heavy atom. The first-order valence-electron chi connectivity index (χ1n) is 5.84. The average molecular weight is 238 g/mol. The van der Waals surface area contributed by atoms with Crippen molar-refractivity contribution in [1.82, 2.24) is 0 Å². The van der Waals surface area contributed by atoms with Crippen LogP contribution in [0.25, 0.3) is 11.1 Å². The molecule has 0 saturated heterocycles. The summed E-state index contributed by atoms with van der Waals surface area (Å²) in [6.07, 6.45) is -0.975. The van der Waals surface area contributed by atoms with Crippen LogP contribution in [-0.2, 0) is 4.74 Å². The second-order valence-corrected chi connectivity index (χ2v) is 4.33. The Balaban J connectivity index is 2.06. The fourth-order valence-corrected chi connectivity index (χ4v) is 2.60. The molecule has 2 aromatic rings. The predicted octanol–water partition coefficient (Wildman–Crippen LogP) is 2.11. The van der Waals surface area contributed by atoms with Gasteiger partial charge in [0.1, 0.15) is 6.08 Å². The summed E-state index contributed by atoms with van der Waals surface area (Å²) in [6, 6.07) is 16.3. The van der Waals surface area contributed by atoms with Crippen molar-refractivity contribution < 1.29 is 9.84 Å². The molecule has 0 aromatic heterocycles. The van der Waals surface area contributed by atoms with E-state index in [1.165, 1.54) is 22.3 Å². The molecule has 0 fully saturated rings. The molecule has 18 heavy (non-hydrogen) atoms. The zero-order chi connectivity index (χ0) is 12.5. The molecular weight excluding hydrogens is 226 g/mol. The van der Waals surface area contributed by atoms with Crippen LogP contribution in [0.2, 0.25) is 0 Å². The Labute approximate surface area is 105 Å². The van der Waals surface area contributed by atoms with Gasteiger partial charge in [-0.2, -0.15) is 0 Å². The Bertz CT molecular complexity index is 561. The largest absolute Gasteiger partial charge is 0.600 e. The van der Waals surface area contributed by atoms with Crippen LogP contribution in [0.3, 0.4) is 0 Å². The van der Waals surface area contributed by atoms with Crippen molar-refractivity contribution in [1.29, 1.82) is 5.41 Å². The van der Waals surface area contributed by atoms with Gasteiger partial charge in [-0.15, -0.1) is 0 Å². The molecule has 1 N–H and O–H groups in total. The van der Waals surface area contributed by atoms with Gasteiger partial charge in [-0.1, -0.05) is 48.5 Å². The topological polar surface area (TPSA) is 56.1 Å². The summed E-state index contributed by atoms with van der Waals surface area (Å²) in [6.45, 7) is 0.232. The Hall–Kier alpha value is -2.29. The van der Waals surface area contributed by atoms with E-state index in [1.807, 2.05) is 24.3 Å². The van der Waals surface area contributed by atoms with Crippen molar-refractivity contribution in [2.45, 2.75) is 5.92 Å². The minimum atomic E-state index is -0.975. The summed E-state index contributed by atoms with van der Waals surface area (Å²) >= 11 is 0. The van der Waals surface area contributed by atoms with Crippen LogP contribution in [0.1, 0.15) is 17.0 Å². The maximum absolute atomic E-state index is 10.7. The van der Waals surface area contributed by atoms with Crippen molar-refractivity contribution in [3.05, 3.63) is 59.7 Å². The first-order valence-corrected chi connectivity index (χ1v) is 5.84. The van der Waals surface area contributed by atoms with Crippen molar-refractivity contribution >= 4 is 6.08 Å². The van der Waals surface area contributed by atoms with Gasteiger partial charge in [0.25, 0.3) is 0 Å². The van der Waals surface area contributed by atoms with Gasteiger partial charge in [-0.05, 0) is 22.3 Å². The van der Waals surface area contributed by atoms with Crippen molar-refractivity contribution in [2.75, 3.05) is 6.61 Å². The third kappa shape index (κ3) is 1.64. The van der Waals surface area contributed by atoms with Gasteiger partial charge >= 0.3 is 0 Å². The quantitative estimate of drug-likeness (QED) is 0.643. The Morgan fingerprint density at radius 1 is 1.00 bits per heavy atom. The molecule has 0 bridgehead atoms. The predicted molar refractivity (Wildman–Crippen MR) is 67.4 cm³/mol. The molecule has 0 unspecified atom stereocenters. The van der Waals surface area contributed by atoms with Crippen LogP contribution in [0.5, 0.6) is 0 Å². The van der Waals surface area contributed by atoms with E-state index in [0.717, 1.165) is 0 Å². The molecule has 0 saturated carbocycles. The highest BCUT2D eigenvalue weighted by atomic mass is 16.6. The zero-order valence-electron chi connectivity index (χ0n) is 9.72. The number of ether oxygens (including phenoxy) is 1. The minimum Gasteiger partial charge on any atom is -0.600 e. The molecule has 0 spiro atoms. The maximum atomic E-state index is 10.7. The minimum absolute atomic E-state index is 0.0479. The SMILES string of the molecule is N=C([O-])OCC1c2ccccc2-c2ccccc21. The molecule has 1 aliphatic carbocycles. The van der Waals surface area contributed by atoms with E-state index in [4.69, 9.17) is 10.1 Å². The first-order chi connectivity index (χ1) is 8.77. The lowest BCUT2D eigenvalue weighted by atomic mass is 9.98. The van der Waals surface area contributed by atoms with Crippen LogP contribution in [0.15, 0.2) is 48.5 Å². The lowest BCUT2D eigenvalue weighted by Crippen LogP contribution is -2.22. The second-order valence-electron chi connectivity index (χ2n) is 4.33. The zero-order valence-corrected chi connectivity index (χ0v) is 9.72. The summed E-state index contributed by atoms with van der Waals surface area (Å²) < 4.78 is 4.87. The van der Waals surface area contributed by atoms with Gasteiger partial charge in [0.15, 0.2) is 0 Å². The van der Waals surface area contributed by atoms with Crippen LogP contribution >= 0.6 is 0 Å². The summed E-state index contributed by atoms with van der Waals surface area (Å²) in [5.74, 6) is 0.0479. The molecule has 3 rings (SSSR count). The smallest absolute Gasteiger partial charge is 0.142 e. The van der Waals surface area contributed by atoms with E-state index < -0.39 is 6.08 Å². The van der Waals surface area contributed by atoms with Crippen LogP contribution in [-0.4, -0.2) is 12.7 Å². The highest BCUT2D eigenvalue weighted by molar-refractivity contribution is 5.78. The Morgan fingerprint density at radius 3 is 2.00 bits per heavy atom. The van der Waals surface area contributed by atoms with Gasteiger partial charge in [-0.3, -0.25) is 5.41 Å². The number of nitrogens with one attached hydrogen (secondary N) is 1. The molecular formula is C15H12NO2-. The van der Waals surface area contributed by atoms with Crippen LogP contribution < -0.4 is 5.11 Å². The lowest BCUT2D eigenvalue weighted by molar-refractivity contribution is -0.252. The number of benzene rings is 2. The van der Waals surface area contributed by atoms with E-state index in [0.29, 0.717) is 0 Å². The summed E-state index contributed by atoms with van der Waals surface area (Å²) in [5.41, 5.74) is 4.72. The van der Waals surface area contributed by atoms with Crippen molar-refractivity contribution in [2.24, 2.45) is 0 Å². The summed E-state index contributed by atoms with van der Waals surface area (Å²) in [7, 11) is 0. The van der Waals surface area contributed by atoms with Gasteiger partial charge in [0.05, 0.1) is 0 Å². The molecule has 1 aliphatic rings. The van der Waals surface area contributed by atoms with E-state index >= 15 is 0 Å². The Kier molecular flexibility index (Phi) is 2.52. The summed E-state index contributed by atoms with van der Waals surface area (Å²) in [5, 5.41) is 17.5. The molecule has 0 radical (unpaired) electrons. The molecule has 3 nitrogen and oxygen atoms in total. The van der Waals surface area contributed by atoms with E-state index in [9.17, 15) is 5.11 Å². The van der Waals surface area contributed by atoms with Crippen LogP contribution in [0, 0.1) is 5.41 Å². The molecule has 2 aromatic carbocycles. The maximum Gasteiger partial charge on any atom is 0.142 e. The molecule has 90 valence electrons. The molecule has 0 atom stereocenters. The highest BCUT2D eigenvalue weighted by Crippen LogP contribution is 2.44. The molecule has 3 heteroatoms. The fourth-order valence-electron chi connectivity index (χ4n) is 2.60. The number of fused-ring (bicyclic) bond motifs is 3. The monoisotopic (exact) mass is 238 g/mol. The van der Waals surface area contributed by atoms with Crippen molar-refractivity contribution in [3.8, 4) is 11.1 Å². The molecule has 0 amide bonds. The molecule has 0 aliphatic heterocycles. The number of rotatable bonds is 2. The number of hydrogen-bond acceptors (Lipinski definition) is 3. The van der Waals surface area contributed by atoms with Gasteiger partial charge in [0, 0.05) is 12.5 Å². The van der Waals surface area contributed by atoms with Gasteiger partial charge in [0.2, 0.25) is 0 Å². The normalized spacial score (nSPS) is 12.9. The van der Waals surface area contributed by atoms with Crippen molar-refractivity contribution in [3.63, 3.8) is 0 Å². The average Bonchev–Trinajstić information content (AvgIpc) is 2.71. The molecule has 0 heterocycles. The van der Waals surface area contributed by atoms with E-state index in [2.05, 4.69) is 24.3 Å². The van der Waals surface area contributed by atoms with E-state index in [-0.39, 0.29) is 12.5 Å². The number of hydrogen-bond donors (Lipinski definition) is 1. The third-order valence-corrected chi connectivity index (χ3v) is 3.34. The second kappa shape index (κ2) is 4.18.